The molecular formula is C16H23NO2. The standard InChI is InChI=1S/C16H23NO2/c1-11-7-13(3)14(8-12(11)2)10-17-6-4-5-15(17)9-16(18)19/h7-8,15H,4-6,9-10H2,1-3H3,(H,18,19). The Balaban J connectivity index is 2.12. The van der Waals surface area contributed by atoms with E-state index in [4.69, 9.17) is 5.11 Å². The highest BCUT2D eigenvalue weighted by molar-refractivity contribution is 5.67. The molecule has 104 valence electrons. The van der Waals surface area contributed by atoms with Gasteiger partial charge in [-0.25, -0.2) is 0 Å². The molecule has 1 atom stereocenters. The first kappa shape index (κ1) is 14.1. The number of nitrogens with zero attached hydrogens (tertiary/aromatic N) is 1. The summed E-state index contributed by atoms with van der Waals surface area (Å²) in [6.07, 6.45) is 2.39. The van der Waals surface area contributed by atoms with Gasteiger partial charge in [0.1, 0.15) is 0 Å². The number of aryl methyl sites for hydroxylation is 3. The van der Waals surface area contributed by atoms with Gasteiger partial charge in [-0.3, -0.25) is 9.69 Å². The van der Waals surface area contributed by atoms with Gasteiger partial charge in [-0.05, 0) is 62.4 Å². The van der Waals surface area contributed by atoms with Crippen LogP contribution in [0.2, 0.25) is 0 Å². The zero-order valence-electron chi connectivity index (χ0n) is 12.1. The van der Waals surface area contributed by atoms with Crippen LogP contribution >= 0.6 is 0 Å². The maximum absolute atomic E-state index is 10.9. The Morgan fingerprint density at radius 3 is 2.63 bits per heavy atom. The number of aliphatic carboxylic acids is 1. The van der Waals surface area contributed by atoms with Crippen LogP contribution in [-0.2, 0) is 11.3 Å². The van der Waals surface area contributed by atoms with E-state index in [1.54, 1.807) is 0 Å². The third-order valence-electron chi connectivity index (χ3n) is 4.24. The van der Waals surface area contributed by atoms with Gasteiger partial charge in [0.15, 0.2) is 0 Å². The monoisotopic (exact) mass is 261 g/mol. The van der Waals surface area contributed by atoms with Gasteiger partial charge < -0.3 is 5.11 Å². The number of carboxylic acids is 1. The third kappa shape index (κ3) is 3.35. The molecule has 3 heteroatoms. The smallest absolute Gasteiger partial charge is 0.304 e. The first-order valence-electron chi connectivity index (χ1n) is 7.00. The van der Waals surface area contributed by atoms with Gasteiger partial charge in [-0.2, -0.15) is 0 Å². The van der Waals surface area contributed by atoms with Crippen LogP contribution < -0.4 is 0 Å². The molecule has 0 bridgehead atoms. The van der Waals surface area contributed by atoms with Crippen molar-refractivity contribution in [3.63, 3.8) is 0 Å². The predicted molar refractivity (Wildman–Crippen MR) is 76.3 cm³/mol. The zero-order chi connectivity index (χ0) is 14.0. The zero-order valence-corrected chi connectivity index (χ0v) is 12.1. The van der Waals surface area contributed by atoms with E-state index < -0.39 is 5.97 Å². The minimum Gasteiger partial charge on any atom is -0.481 e. The minimum atomic E-state index is -0.686. The molecule has 1 fully saturated rings. The van der Waals surface area contributed by atoms with E-state index in [0.717, 1.165) is 25.9 Å². The van der Waals surface area contributed by atoms with E-state index in [0.29, 0.717) is 0 Å². The highest BCUT2D eigenvalue weighted by Gasteiger charge is 2.26. The van der Waals surface area contributed by atoms with Crippen molar-refractivity contribution in [2.24, 2.45) is 0 Å². The summed E-state index contributed by atoms with van der Waals surface area (Å²) in [6, 6.07) is 4.69. The number of benzene rings is 1. The number of likely N-dealkylation sites (tertiary alicyclic amines) is 1. The number of carboxylic acid groups (broad SMARTS) is 1. The summed E-state index contributed by atoms with van der Waals surface area (Å²) in [5.74, 6) is -0.686. The molecule has 0 radical (unpaired) electrons. The molecule has 1 aliphatic rings. The Labute approximate surface area is 115 Å². The average Bonchev–Trinajstić information content (AvgIpc) is 2.72. The largest absolute Gasteiger partial charge is 0.481 e. The highest BCUT2D eigenvalue weighted by atomic mass is 16.4. The summed E-state index contributed by atoms with van der Waals surface area (Å²) < 4.78 is 0. The second-order valence-corrected chi connectivity index (χ2v) is 5.73. The predicted octanol–water partition coefficient (Wildman–Crippen LogP) is 3.05. The maximum atomic E-state index is 10.9. The minimum absolute atomic E-state index is 0.207. The highest BCUT2D eigenvalue weighted by Crippen LogP contribution is 2.24. The summed E-state index contributed by atoms with van der Waals surface area (Å²) in [4.78, 5) is 13.2. The van der Waals surface area contributed by atoms with Crippen LogP contribution in [0.5, 0.6) is 0 Å². The first-order valence-corrected chi connectivity index (χ1v) is 7.00. The normalized spacial score (nSPS) is 19.8. The molecule has 1 unspecified atom stereocenters. The summed E-state index contributed by atoms with van der Waals surface area (Å²) in [6.45, 7) is 8.31. The van der Waals surface area contributed by atoms with E-state index in [9.17, 15) is 4.79 Å². The van der Waals surface area contributed by atoms with E-state index in [1.165, 1.54) is 22.3 Å². The second-order valence-electron chi connectivity index (χ2n) is 5.73. The quantitative estimate of drug-likeness (QED) is 0.905. The van der Waals surface area contributed by atoms with Crippen molar-refractivity contribution >= 4 is 5.97 Å². The lowest BCUT2D eigenvalue weighted by Gasteiger charge is -2.24. The molecule has 19 heavy (non-hydrogen) atoms. The maximum Gasteiger partial charge on any atom is 0.304 e. The topological polar surface area (TPSA) is 40.5 Å². The fourth-order valence-corrected chi connectivity index (χ4v) is 2.95. The molecule has 0 amide bonds. The third-order valence-corrected chi connectivity index (χ3v) is 4.24. The van der Waals surface area contributed by atoms with Crippen LogP contribution in [0.3, 0.4) is 0 Å². The molecule has 1 heterocycles. The van der Waals surface area contributed by atoms with Crippen molar-refractivity contribution in [2.75, 3.05) is 6.54 Å². The van der Waals surface area contributed by atoms with E-state index in [1.807, 2.05) is 0 Å². The lowest BCUT2D eigenvalue weighted by molar-refractivity contribution is -0.138. The summed E-state index contributed by atoms with van der Waals surface area (Å²) in [5, 5.41) is 8.97. The fraction of sp³-hybridized carbons (Fsp3) is 0.562. The Hall–Kier alpha value is -1.35. The summed E-state index contributed by atoms with van der Waals surface area (Å²) in [5.41, 5.74) is 5.28. The molecule has 1 N–H and O–H groups in total. The Morgan fingerprint density at radius 2 is 1.95 bits per heavy atom. The van der Waals surface area contributed by atoms with Gasteiger partial charge in [0.2, 0.25) is 0 Å². The molecule has 2 rings (SSSR count). The number of carbonyl (C=O) groups is 1. The molecule has 1 aliphatic heterocycles. The Bertz CT molecular complexity index is 482. The van der Waals surface area contributed by atoms with Gasteiger partial charge in [0.05, 0.1) is 6.42 Å². The number of hydrogen-bond donors (Lipinski definition) is 1. The Kier molecular flexibility index (Phi) is 4.25. The number of rotatable bonds is 4. The lowest BCUT2D eigenvalue weighted by atomic mass is 10.00. The number of hydrogen-bond acceptors (Lipinski definition) is 2. The molecule has 1 aromatic carbocycles. The van der Waals surface area contributed by atoms with E-state index in [2.05, 4.69) is 37.8 Å². The molecule has 0 spiro atoms. The lowest BCUT2D eigenvalue weighted by Crippen LogP contribution is -2.31. The van der Waals surface area contributed by atoms with Gasteiger partial charge in [-0.15, -0.1) is 0 Å². The van der Waals surface area contributed by atoms with E-state index in [-0.39, 0.29) is 12.5 Å². The Morgan fingerprint density at radius 1 is 1.26 bits per heavy atom. The van der Waals surface area contributed by atoms with Crippen LogP contribution in [0.25, 0.3) is 0 Å². The average molecular weight is 261 g/mol. The van der Waals surface area contributed by atoms with Crippen molar-refractivity contribution < 1.29 is 9.90 Å². The van der Waals surface area contributed by atoms with Crippen LogP contribution in [-0.4, -0.2) is 28.6 Å². The van der Waals surface area contributed by atoms with E-state index >= 15 is 0 Å². The van der Waals surface area contributed by atoms with Crippen LogP contribution in [0.15, 0.2) is 12.1 Å². The van der Waals surface area contributed by atoms with Crippen molar-refractivity contribution in [3.8, 4) is 0 Å². The van der Waals surface area contributed by atoms with Crippen molar-refractivity contribution in [1.29, 1.82) is 0 Å². The molecular weight excluding hydrogens is 238 g/mol. The fourth-order valence-electron chi connectivity index (χ4n) is 2.95. The van der Waals surface area contributed by atoms with Gasteiger partial charge >= 0.3 is 5.97 Å². The van der Waals surface area contributed by atoms with Crippen LogP contribution in [0, 0.1) is 20.8 Å². The summed E-state index contributed by atoms with van der Waals surface area (Å²) >= 11 is 0. The van der Waals surface area contributed by atoms with Gasteiger partial charge in [0, 0.05) is 12.6 Å². The molecule has 3 nitrogen and oxygen atoms in total. The molecule has 0 aliphatic carbocycles. The molecule has 1 aromatic rings. The molecule has 0 saturated carbocycles. The SMILES string of the molecule is Cc1cc(C)c(CN2CCCC2CC(=O)O)cc1C. The van der Waals surface area contributed by atoms with Crippen LogP contribution in [0.4, 0.5) is 0 Å². The first-order chi connectivity index (χ1) is 8.97. The van der Waals surface area contributed by atoms with Crippen LogP contribution in [0.1, 0.15) is 41.5 Å². The summed E-state index contributed by atoms with van der Waals surface area (Å²) in [7, 11) is 0. The molecule has 1 saturated heterocycles. The van der Waals surface area contributed by atoms with Crippen molar-refractivity contribution in [2.45, 2.75) is 52.6 Å². The van der Waals surface area contributed by atoms with Gasteiger partial charge in [0.25, 0.3) is 0 Å². The molecule has 0 aromatic heterocycles. The van der Waals surface area contributed by atoms with Crippen molar-refractivity contribution in [3.05, 3.63) is 34.4 Å². The van der Waals surface area contributed by atoms with Gasteiger partial charge in [-0.1, -0.05) is 12.1 Å². The van der Waals surface area contributed by atoms with Crippen molar-refractivity contribution in [1.82, 2.24) is 4.90 Å². The second kappa shape index (κ2) is 5.74.